The van der Waals surface area contributed by atoms with Gasteiger partial charge in [0.2, 0.25) is 0 Å². The fraction of sp³-hybridized carbons (Fsp3) is 0.842. The maximum Gasteiger partial charge on any atom is 0.324 e. The van der Waals surface area contributed by atoms with Crippen LogP contribution in [-0.2, 0) is 44.9 Å². The first-order chi connectivity index (χ1) is 12.4. The Labute approximate surface area is 186 Å². The van der Waals surface area contributed by atoms with Gasteiger partial charge in [0.1, 0.15) is 6.10 Å². The number of ether oxygens (including phenoxy) is 2. The Morgan fingerprint density at radius 3 is 2.07 bits per heavy atom. The summed E-state index contributed by atoms with van der Waals surface area (Å²) in [5.41, 5.74) is 11.3. The number of nitrogens with two attached hydrogens (primary N) is 2. The predicted octanol–water partition coefficient (Wildman–Crippen LogP) is -0.401. The third-order valence-corrected chi connectivity index (χ3v) is 5.30. The van der Waals surface area contributed by atoms with Gasteiger partial charge < -0.3 is 31.9 Å². The summed E-state index contributed by atoms with van der Waals surface area (Å²) in [6.07, 6.45) is 7.40. The zero-order chi connectivity index (χ0) is 19.1. The number of carbonyl (C=O) groups excluding carboxylic acids is 3. The quantitative estimate of drug-likeness (QED) is 0.325. The number of hydrogen-bond acceptors (Lipinski definition) is 7. The van der Waals surface area contributed by atoms with Crippen molar-refractivity contribution < 1.29 is 55.9 Å². The molecule has 9 nitrogen and oxygen atoms in total. The van der Waals surface area contributed by atoms with Crippen LogP contribution in [0, 0.1) is 5.92 Å². The van der Waals surface area contributed by atoms with E-state index in [4.69, 9.17) is 20.9 Å². The zero-order valence-corrected chi connectivity index (χ0v) is 19.2. The molecule has 0 bridgehead atoms. The molecule has 3 rings (SSSR count). The third-order valence-electron chi connectivity index (χ3n) is 5.30. The Morgan fingerprint density at radius 1 is 1.03 bits per heavy atom. The van der Waals surface area contributed by atoms with Crippen LogP contribution in [0.2, 0.25) is 0 Å². The van der Waals surface area contributed by atoms with E-state index in [1.165, 1.54) is 12.8 Å². The molecule has 0 aromatic rings. The fourth-order valence-corrected chi connectivity index (χ4v) is 3.66. The number of ketones is 2. The smallest absolute Gasteiger partial charge is 0.324 e. The van der Waals surface area contributed by atoms with Gasteiger partial charge in [-0.25, -0.2) is 0 Å². The van der Waals surface area contributed by atoms with Crippen molar-refractivity contribution in [2.75, 3.05) is 6.61 Å². The molecule has 2 aliphatic heterocycles. The maximum absolute atomic E-state index is 11.9. The van der Waals surface area contributed by atoms with Crippen LogP contribution in [0.25, 0.3) is 0 Å². The maximum atomic E-state index is 11.9. The van der Waals surface area contributed by atoms with Crippen molar-refractivity contribution in [3.63, 3.8) is 0 Å². The Balaban J connectivity index is 0. The minimum atomic E-state index is -1.19. The molecule has 3 fully saturated rings. The standard InChI is InChI=1S/C13H18O5.C6H14N2.2H2O.Pt/c1-8-7-11(15)12(13(16)18-8)10(14)5-4-9-3-2-6-17-9;7-5-3-1-2-4-6(5)8;;;/h8-9,12H,2-7H2,1H3;5-6H,1-4,7-8H2;2*1H2;/t;5-,6-;;;/m.1.../s1. The summed E-state index contributed by atoms with van der Waals surface area (Å²) in [5.74, 6) is -2.51. The Hall–Kier alpha value is -0.702. The van der Waals surface area contributed by atoms with E-state index in [-0.39, 0.29) is 74.6 Å². The second-order valence-corrected chi connectivity index (χ2v) is 7.60. The molecule has 10 heteroatoms. The van der Waals surface area contributed by atoms with E-state index in [1.807, 2.05) is 0 Å². The van der Waals surface area contributed by atoms with Crippen LogP contribution in [0.4, 0.5) is 0 Å². The summed E-state index contributed by atoms with van der Waals surface area (Å²) in [7, 11) is 0. The van der Waals surface area contributed by atoms with Crippen molar-refractivity contribution in [1.82, 2.24) is 0 Å². The summed E-state index contributed by atoms with van der Waals surface area (Å²) in [6, 6.07) is 0.562. The number of esters is 1. The van der Waals surface area contributed by atoms with Gasteiger partial charge in [0.15, 0.2) is 17.5 Å². The van der Waals surface area contributed by atoms with E-state index in [1.54, 1.807) is 6.92 Å². The molecule has 2 heterocycles. The van der Waals surface area contributed by atoms with Gasteiger partial charge in [0, 0.05) is 52.6 Å². The molecule has 29 heavy (non-hydrogen) atoms. The molecule has 1 aliphatic carbocycles. The zero-order valence-electron chi connectivity index (χ0n) is 17.0. The van der Waals surface area contributed by atoms with Gasteiger partial charge in [-0.3, -0.25) is 14.4 Å². The first-order valence-corrected chi connectivity index (χ1v) is 9.77. The van der Waals surface area contributed by atoms with Crippen LogP contribution in [0.3, 0.4) is 0 Å². The number of cyclic esters (lactones) is 1. The monoisotopic (exact) mass is 599 g/mol. The molecule has 3 unspecified atom stereocenters. The summed E-state index contributed by atoms with van der Waals surface area (Å²) in [5, 5.41) is 0. The Kier molecular flexibility index (Phi) is 15.9. The minimum absolute atomic E-state index is 0. The van der Waals surface area contributed by atoms with Gasteiger partial charge in [-0.15, -0.1) is 0 Å². The summed E-state index contributed by atoms with van der Waals surface area (Å²) < 4.78 is 10.4. The number of hydrogen-bond donors (Lipinski definition) is 2. The van der Waals surface area contributed by atoms with Crippen LogP contribution in [-0.4, -0.2) is 59.4 Å². The van der Waals surface area contributed by atoms with Crippen LogP contribution in [0.15, 0.2) is 0 Å². The molecule has 0 aromatic heterocycles. The normalized spacial score (nSPS) is 31.1. The molecule has 8 N–H and O–H groups in total. The number of Topliss-reactive ketones (excluding diaryl/α,β-unsaturated/α-hetero) is 2. The molecule has 0 amide bonds. The largest absolute Gasteiger partial charge is 0.461 e. The fourth-order valence-electron chi connectivity index (χ4n) is 3.66. The molecular weight excluding hydrogens is 563 g/mol. The number of rotatable bonds is 4. The van der Waals surface area contributed by atoms with E-state index in [9.17, 15) is 14.4 Å². The first-order valence-electron chi connectivity index (χ1n) is 9.77. The number of carbonyl (C=O) groups is 3. The van der Waals surface area contributed by atoms with Gasteiger partial charge >= 0.3 is 5.97 Å². The molecular formula is C19H36N2O7Pt. The SMILES string of the molecule is CC1CC(=O)C(C(=O)CCC2CCCO2)C(=O)O1.N[C@@H]1CCCC[C@H]1N.O.O.[Pt]. The predicted molar refractivity (Wildman–Crippen MR) is 104 cm³/mol. The Morgan fingerprint density at radius 2 is 1.62 bits per heavy atom. The molecule has 1 saturated carbocycles. The average Bonchev–Trinajstić information content (AvgIpc) is 3.09. The molecule has 5 atom stereocenters. The van der Waals surface area contributed by atoms with Gasteiger partial charge in [-0.05, 0) is 39.0 Å². The Bertz CT molecular complexity index is 487. The third kappa shape index (κ3) is 9.77. The van der Waals surface area contributed by atoms with Gasteiger partial charge in [-0.1, -0.05) is 12.8 Å². The molecule has 0 radical (unpaired) electrons. The molecule has 2 saturated heterocycles. The van der Waals surface area contributed by atoms with Crippen molar-refractivity contribution in [3.8, 4) is 0 Å². The van der Waals surface area contributed by atoms with Gasteiger partial charge in [0.25, 0.3) is 0 Å². The first kappa shape index (κ1) is 30.5. The van der Waals surface area contributed by atoms with Crippen LogP contribution in [0.1, 0.15) is 64.7 Å². The van der Waals surface area contributed by atoms with E-state index in [0.29, 0.717) is 6.42 Å². The van der Waals surface area contributed by atoms with E-state index < -0.39 is 18.0 Å². The van der Waals surface area contributed by atoms with Gasteiger partial charge in [-0.2, -0.15) is 0 Å². The summed E-state index contributed by atoms with van der Waals surface area (Å²) in [4.78, 5) is 35.2. The van der Waals surface area contributed by atoms with Crippen molar-refractivity contribution in [1.29, 1.82) is 0 Å². The van der Waals surface area contributed by atoms with Crippen LogP contribution < -0.4 is 11.5 Å². The van der Waals surface area contributed by atoms with E-state index in [0.717, 1.165) is 32.3 Å². The molecule has 0 aromatic carbocycles. The second kappa shape index (κ2) is 15.2. The average molecular weight is 600 g/mol. The van der Waals surface area contributed by atoms with E-state index >= 15 is 0 Å². The van der Waals surface area contributed by atoms with Crippen molar-refractivity contribution in [2.45, 2.75) is 89.0 Å². The summed E-state index contributed by atoms with van der Waals surface area (Å²) >= 11 is 0. The molecule has 0 spiro atoms. The minimum Gasteiger partial charge on any atom is -0.461 e. The van der Waals surface area contributed by atoms with Crippen LogP contribution >= 0.6 is 0 Å². The van der Waals surface area contributed by atoms with Crippen LogP contribution in [0.5, 0.6) is 0 Å². The molecule has 174 valence electrons. The molecule has 3 aliphatic rings. The van der Waals surface area contributed by atoms with E-state index in [2.05, 4.69) is 0 Å². The van der Waals surface area contributed by atoms with Crippen molar-refractivity contribution in [2.24, 2.45) is 17.4 Å². The second-order valence-electron chi connectivity index (χ2n) is 7.60. The van der Waals surface area contributed by atoms with Crippen molar-refractivity contribution >= 4 is 17.5 Å². The van der Waals surface area contributed by atoms with Gasteiger partial charge in [0.05, 0.1) is 6.10 Å². The topological polar surface area (TPSA) is 185 Å². The summed E-state index contributed by atoms with van der Waals surface area (Å²) in [6.45, 7) is 2.39. The van der Waals surface area contributed by atoms with Crippen molar-refractivity contribution in [3.05, 3.63) is 0 Å².